The van der Waals surface area contributed by atoms with Crippen molar-refractivity contribution in [3.8, 4) is 0 Å². The molecule has 3 heterocycles. The van der Waals surface area contributed by atoms with E-state index in [0.29, 0.717) is 37.0 Å². The summed E-state index contributed by atoms with van der Waals surface area (Å²) in [6.07, 6.45) is 5.31. The van der Waals surface area contributed by atoms with Crippen LogP contribution >= 0.6 is 0 Å². The highest BCUT2D eigenvalue weighted by molar-refractivity contribution is 7.90. The fourth-order valence-corrected chi connectivity index (χ4v) is 4.46. The first kappa shape index (κ1) is 18.4. The van der Waals surface area contributed by atoms with Crippen LogP contribution in [0.15, 0.2) is 30.9 Å². The lowest BCUT2D eigenvalue weighted by Gasteiger charge is -2.18. The molecule has 0 bridgehead atoms. The minimum Gasteiger partial charge on any atom is -0.345 e. The number of halogens is 2. The zero-order valence-electron chi connectivity index (χ0n) is 14.4. The van der Waals surface area contributed by atoms with Gasteiger partial charge in [0.2, 0.25) is 5.78 Å². The van der Waals surface area contributed by atoms with Crippen molar-refractivity contribution in [3.05, 3.63) is 53.6 Å². The summed E-state index contributed by atoms with van der Waals surface area (Å²) in [4.78, 5) is 23.3. The van der Waals surface area contributed by atoms with Crippen LogP contribution in [0.2, 0.25) is 0 Å². The van der Waals surface area contributed by atoms with E-state index in [1.54, 1.807) is 0 Å². The molecule has 0 unspecified atom stereocenters. The molecule has 4 rings (SSSR count). The smallest absolute Gasteiger partial charge is 0.301 e. The Balaban J connectivity index is 1.74. The van der Waals surface area contributed by atoms with Gasteiger partial charge >= 0.3 is 10.2 Å². The summed E-state index contributed by atoms with van der Waals surface area (Å²) in [5.41, 5.74) is -1.03. The summed E-state index contributed by atoms with van der Waals surface area (Å²) in [6.45, 7) is 0.637. The highest BCUT2D eigenvalue weighted by atomic mass is 32.2. The number of hydrogen-bond donors (Lipinski definition) is 2. The van der Waals surface area contributed by atoms with E-state index in [0.717, 1.165) is 12.1 Å². The van der Waals surface area contributed by atoms with E-state index in [9.17, 15) is 22.0 Å². The van der Waals surface area contributed by atoms with Gasteiger partial charge in [0.15, 0.2) is 5.82 Å². The summed E-state index contributed by atoms with van der Waals surface area (Å²) < 4.78 is 57.3. The second-order valence-electron chi connectivity index (χ2n) is 6.31. The third-order valence-electron chi connectivity index (χ3n) is 4.56. The molecule has 2 N–H and O–H groups in total. The molecule has 1 aliphatic rings. The minimum absolute atomic E-state index is 0.0204. The Morgan fingerprint density at radius 3 is 2.71 bits per heavy atom. The molecule has 3 aromatic rings. The van der Waals surface area contributed by atoms with Crippen LogP contribution < -0.4 is 4.72 Å². The van der Waals surface area contributed by atoms with Gasteiger partial charge < -0.3 is 4.98 Å². The van der Waals surface area contributed by atoms with Crippen molar-refractivity contribution in [2.75, 3.05) is 17.8 Å². The monoisotopic (exact) mass is 407 g/mol. The van der Waals surface area contributed by atoms with Crippen LogP contribution in [0, 0.1) is 11.6 Å². The molecule has 0 radical (unpaired) electrons. The molecule has 1 fully saturated rings. The maximum atomic E-state index is 14.9. The van der Waals surface area contributed by atoms with Crippen LogP contribution in [0.5, 0.6) is 0 Å². The molecule has 11 heteroatoms. The minimum atomic E-state index is -4.00. The summed E-state index contributed by atoms with van der Waals surface area (Å²) in [7, 11) is -4.00. The number of nitrogens with zero attached hydrogens (tertiary/aromatic N) is 3. The van der Waals surface area contributed by atoms with Crippen molar-refractivity contribution in [2.45, 2.75) is 12.8 Å². The molecule has 0 saturated carbocycles. The Hall–Kier alpha value is -2.92. The molecule has 0 atom stereocenters. The number of anilines is 1. The first-order valence-electron chi connectivity index (χ1n) is 8.46. The zero-order valence-corrected chi connectivity index (χ0v) is 15.3. The molecule has 0 spiro atoms. The second-order valence-corrected chi connectivity index (χ2v) is 7.98. The lowest BCUT2D eigenvalue weighted by atomic mass is 10.0. The Bertz CT molecular complexity index is 1170. The van der Waals surface area contributed by atoms with Crippen molar-refractivity contribution < 1.29 is 22.0 Å². The van der Waals surface area contributed by atoms with Crippen LogP contribution in [-0.2, 0) is 10.2 Å². The van der Waals surface area contributed by atoms with Gasteiger partial charge in [-0.25, -0.2) is 18.7 Å². The predicted octanol–water partition coefficient (Wildman–Crippen LogP) is 2.22. The highest BCUT2D eigenvalue weighted by Gasteiger charge is 2.29. The number of nitrogens with one attached hydrogen (secondary N) is 2. The fraction of sp³-hybridized carbons (Fsp3) is 0.235. The fourth-order valence-electron chi connectivity index (χ4n) is 3.15. The van der Waals surface area contributed by atoms with E-state index in [4.69, 9.17) is 0 Å². The van der Waals surface area contributed by atoms with Crippen LogP contribution in [-0.4, -0.2) is 46.5 Å². The molecule has 1 aliphatic heterocycles. The summed E-state index contributed by atoms with van der Waals surface area (Å²) >= 11 is 0. The number of hydrogen-bond acceptors (Lipinski definition) is 5. The van der Waals surface area contributed by atoms with Crippen LogP contribution in [0.25, 0.3) is 11.0 Å². The first-order valence-corrected chi connectivity index (χ1v) is 9.90. The van der Waals surface area contributed by atoms with E-state index in [-0.39, 0.29) is 5.56 Å². The van der Waals surface area contributed by atoms with Gasteiger partial charge in [0.1, 0.15) is 17.8 Å². The molecule has 2 aromatic heterocycles. The summed E-state index contributed by atoms with van der Waals surface area (Å²) in [5, 5.41) is 0.300. The van der Waals surface area contributed by atoms with Gasteiger partial charge in [-0.1, -0.05) is 0 Å². The van der Waals surface area contributed by atoms with Crippen LogP contribution in [0.1, 0.15) is 28.8 Å². The largest absolute Gasteiger partial charge is 0.345 e. The molecule has 1 saturated heterocycles. The Morgan fingerprint density at radius 2 is 1.96 bits per heavy atom. The Labute approximate surface area is 158 Å². The number of rotatable bonds is 5. The normalized spacial score (nSPS) is 15.2. The topological polar surface area (TPSA) is 108 Å². The number of aromatic amines is 1. The van der Waals surface area contributed by atoms with Crippen LogP contribution in [0.4, 0.5) is 14.5 Å². The average molecular weight is 407 g/mol. The van der Waals surface area contributed by atoms with E-state index in [1.807, 2.05) is 0 Å². The number of H-pyrrole nitrogens is 1. The molecule has 146 valence electrons. The third-order valence-corrected chi connectivity index (χ3v) is 6.09. The molecule has 28 heavy (non-hydrogen) atoms. The van der Waals surface area contributed by atoms with Crippen LogP contribution in [0.3, 0.4) is 0 Å². The van der Waals surface area contributed by atoms with Gasteiger partial charge in [-0.3, -0.25) is 9.52 Å². The zero-order chi connectivity index (χ0) is 19.9. The standard InChI is InChI=1S/C17H15F2N5O3S/c18-12-3-4-13(23-28(26,27)24-5-1-2-6-24)15(19)14(12)16(25)10-8-21-17-11(10)7-20-9-22-17/h3-4,7-9,23H,1-2,5-6H2,(H,20,21,22). The highest BCUT2D eigenvalue weighted by Crippen LogP contribution is 2.27. The molecular weight excluding hydrogens is 392 g/mol. The maximum absolute atomic E-state index is 14.9. The third kappa shape index (κ3) is 3.12. The van der Waals surface area contributed by atoms with Crippen molar-refractivity contribution in [3.63, 3.8) is 0 Å². The molecule has 0 amide bonds. The van der Waals surface area contributed by atoms with Gasteiger partial charge in [0.25, 0.3) is 0 Å². The quantitative estimate of drug-likeness (QED) is 0.631. The molecular formula is C17H15F2N5O3S. The van der Waals surface area contributed by atoms with E-state index < -0.39 is 38.9 Å². The van der Waals surface area contributed by atoms with E-state index in [1.165, 1.54) is 23.0 Å². The summed E-state index contributed by atoms with van der Waals surface area (Å²) in [6, 6.07) is 1.80. The lowest BCUT2D eigenvalue weighted by molar-refractivity contribution is 0.103. The van der Waals surface area contributed by atoms with Crippen molar-refractivity contribution >= 4 is 32.7 Å². The summed E-state index contributed by atoms with van der Waals surface area (Å²) in [5.74, 6) is -3.32. The maximum Gasteiger partial charge on any atom is 0.301 e. The number of benzene rings is 1. The predicted molar refractivity (Wildman–Crippen MR) is 97.0 cm³/mol. The number of ketones is 1. The molecule has 0 aliphatic carbocycles. The molecule has 8 nitrogen and oxygen atoms in total. The Morgan fingerprint density at radius 1 is 1.21 bits per heavy atom. The van der Waals surface area contributed by atoms with Gasteiger partial charge in [-0.15, -0.1) is 0 Å². The van der Waals surface area contributed by atoms with E-state index >= 15 is 0 Å². The van der Waals surface area contributed by atoms with E-state index in [2.05, 4.69) is 19.7 Å². The number of carbonyl (C=O) groups excluding carboxylic acids is 1. The Kier molecular flexibility index (Phi) is 4.55. The lowest BCUT2D eigenvalue weighted by Crippen LogP contribution is -2.33. The molecule has 1 aromatic carbocycles. The van der Waals surface area contributed by atoms with Crippen molar-refractivity contribution in [1.29, 1.82) is 0 Å². The number of fused-ring (bicyclic) bond motifs is 1. The van der Waals surface area contributed by atoms with Gasteiger partial charge in [-0.2, -0.15) is 12.7 Å². The van der Waals surface area contributed by atoms with Gasteiger partial charge in [0.05, 0.1) is 16.8 Å². The number of aromatic nitrogens is 3. The second kappa shape index (κ2) is 6.91. The first-order chi connectivity index (χ1) is 13.4. The van der Waals surface area contributed by atoms with Gasteiger partial charge in [0, 0.05) is 30.9 Å². The van der Waals surface area contributed by atoms with Crippen molar-refractivity contribution in [1.82, 2.24) is 19.3 Å². The average Bonchev–Trinajstić information content (AvgIpc) is 3.34. The SMILES string of the molecule is O=C(c1c(F)ccc(NS(=O)(=O)N2CCCC2)c1F)c1c[nH]c2ncncc12. The van der Waals surface area contributed by atoms with Gasteiger partial charge in [-0.05, 0) is 25.0 Å². The number of carbonyl (C=O) groups is 1. The van der Waals surface area contributed by atoms with Crippen molar-refractivity contribution in [2.24, 2.45) is 0 Å².